The van der Waals surface area contributed by atoms with Crippen molar-refractivity contribution < 1.29 is 48.5 Å². The summed E-state index contributed by atoms with van der Waals surface area (Å²) in [5.74, 6) is -4.23. The van der Waals surface area contributed by atoms with Gasteiger partial charge < -0.3 is 29.8 Å². The molecule has 0 heterocycles. The SMILES string of the molecule is CC(C)(CNC(=O)C(N)OC(=O)/C=C/C(=O)OC(N)C(=O)NCC(C)(C)CO[N+](=O)[O-])CO[N+](=O)[O-]. The molecule has 2 amide bonds. The van der Waals surface area contributed by atoms with Crippen LogP contribution in [-0.2, 0) is 38.3 Å². The maximum Gasteiger partial charge on any atom is 0.333 e. The Bertz CT molecular complexity index is 792. The number of nitrogens with one attached hydrogen (secondary N) is 2. The molecule has 0 aliphatic carbocycles. The highest BCUT2D eigenvalue weighted by atomic mass is 17.0. The number of carbonyl (C=O) groups is 4. The first-order chi connectivity index (χ1) is 16.4. The molecule has 0 spiro atoms. The monoisotopic (exact) mass is 522 g/mol. The van der Waals surface area contributed by atoms with Gasteiger partial charge in [-0.05, 0) is 0 Å². The third-order valence-electron chi connectivity index (χ3n) is 3.96. The molecule has 0 aliphatic rings. The predicted molar refractivity (Wildman–Crippen MR) is 117 cm³/mol. The van der Waals surface area contributed by atoms with Crippen LogP contribution in [0, 0.1) is 31.1 Å². The smallest absolute Gasteiger partial charge is 0.333 e. The lowest BCUT2D eigenvalue weighted by atomic mass is 9.95. The Kier molecular flexibility index (Phi) is 12.7. The van der Waals surface area contributed by atoms with Gasteiger partial charge in [0.15, 0.2) is 0 Å². The molecule has 18 nitrogen and oxygen atoms in total. The molecule has 204 valence electrons. The first-order valence-electron chi connectivity index (χ1n) is 10.1. The maximum absolute atomic E-state index is 11.9. The van der Waals surface area contributed by atoms with Gasteiger partial charge in [-0.15, -0.1) is 20.2 Å². The molecule has 36 heavy (non-hydrogen) atoms. The summed E-state index contributed by atoms with van der Waals surface area (Å²) in [6.07, 6.45) is -2.37. The molecule has 0 saturated heterocycles. The van der Waals surface area contributed by atoms with Crippen molar-refractivity contribution in [2.75, 3.05) is 26.3 Å². The van der Waals surface area contributed by atoms with Gasteiger partial charge in [0.25, 0.3) is 22.0 Å². The second kappa shape index (κ2) is 14.4. The number of ether oxygens (including phenoxy) is 2. The second-order valence-electron chi connectivity index (χ2n) is 8.81. The van der Waals surface area contributed by atoms with E-state index in [9.17, 15) is 39.4 Å². The summed E-state index contributed by atoms with van der Waals surface area (Å²) in [4.78, 5) is 76.3. The lowest BCUT2D eigenvalue weighted by Crippen LogP contribution is -2.47. The van der Waals surface area contributed by atoms with Gasteiger partial charge in [-0.3, -0.25) is 21.1 Å². The minimum absolute atomic E-state index is 0.0903. The fourth-order valence-electron chi connectivity index (χ4n) is 1.98. The first-order valence-corrected chi connectivity index (χ1v) is 10.1. The Morgan fingerprint density at radius 2 is 1.08 bits per heavy atom. The van der Waals surface area contributed by atoms with E-state index < -0.39 is 57.2 Å². The molecule has 0 radical (unpaired) electrons. The highest BCUT2D eigenvalue weighted by molar-refractivity contribution is 5.94. The number of hydrogen-bond acceptors (Lipinski definition) is 14. The van der Waals surface area contributed by atoms with E-state index in [1.165, 1.54) is 0 Å². The van der Waals surface area contributed by atoms with E-state index in [0.717, 1.165) is 0 Å². The molecule has 0 saturated carbocycles. The van der Waals surface area contributed by atoms with E-state index >= 15 is 0 Å². The van der Waals surface area contributed by atoms with Crippen LogP contribution in [0.25, 0.3) is 0 Å². The van der Waals surface area contributed by atoms with Gasteiger partial charge in [0.1, 0.15) is 13.2 Å². The zero-order valence-electron chi connectivity index (χ0n) is 20.1. The molecule has 0 aliphatic heterocycles. The lowest BCUT2D eigenvalue weighted by Gasteiger charge is -2.24. The van der Waals surface area contributed by atoms with E-state index in [1.807, 2.05) is 0 Å². The van der Waals surface area contributed by atoms with Crippen LogP contribution in [0.2, 0.25) is 0 Å². The Labute approximate surface area is 204 Å². The highest BCUT2D eigenvalue weighted by Gasteiger charge is 2.25. The van der Waals surface area contributed by atoms with Crippen LogP contribution in [0.4, 0.5) is 0 Å². The van der Waals surface area contributed by atoms with Crippen LogP contribution in [-0.4, -0.2) is 72.7 Å². The summed E-state index contributed by atoms with van der Waals surface area (Å²) in [5, 5.41) is 23.2. The van der Waals surface area contributed by atoms with Crippen molar-refractivity contribution in [1.82, 2.24) is 10.6 Å². The Hall–Kier alpha value is -4.06. The molecular weight excluding hydrogens is 492 g/mol. The van der Waals surface area contributed by atoms with Crippen LogP contribution in [0.15, 0.2) is 12.2 Å². The fourth-order valence-corrected chi connectivity index (χ4v) is 1.98. The summed E-state index contributed by atoms with van der Waals surface area (Å²) in [5.41, 5.74) is 9.21. The quantitative estimate of drug-likeness (QED) is 0.0556. The average molecular weight is 522 g/mol. The molecule has 18 heteroatoms. The third-order valence-corrected chi connectivity index (χ3v) is 3.96. The summed E-state index contributed by atoms with van der Waals surface area (Å²) >= 11 is 0. The van der Waals surface area contributed by atoms with Crippen LogP contribution in [0.1, 0.15) is 27.7 Å². The van der Waals surface area contributed by atoms with E-state index in [-0.39, 0.29) is 26.3 Å². The van der Waals surface area contributed by atoms with Crippen molar-refractivity contribution in [2.45, 2.75) is 40.2 Å². The number of nitrogens with zero attached hydrogens (tertiary/aromatic N) is 2. The van der Waals surface area contributed by atoms with Gasteiger partial charge in [0.2, 0.25) is 12.5 Å². The molecule has 0 rings (SSSR count). The van der Waals surface area contributed by atoms with Crippen molar-refractivity contribution in [2.24, 2.45) is 22.3 Å². The number of amides is 2. The molecule has 0 fully saturated rings. The Morgan fingerprint density at radius 3 is 1.36 bits per heavy atom. The zero-order valence-corrected chi connectivity index (χ0v) is 20.1. The fraction of sp³-hybridized carbons (Fsp3) is 0.667. The minimum atomic E-state index is -1.76. The molecule has 0 bridgehead atoms. The molecule has 0 aromatic rings. The highest BCUT2D eigenvalue weighted by Crippen LogP contribution is 2.14. The predicted octanol–water partition coefficient (Wildman–Crippen LogP) is -2.10. The lowest BCUT2D eigenvalue weighted by molar-refractivity contribution is -0.760. The molecule has 6 N–H and O–H groups in total. The first kappa shape index (κ1) is 31.9. The zero-order chi connectivity index (χ0) is 28.1. The molecule has 0 aromatic heterocycles. The van der Waals surface area contributed by atoms with Crippen molar-refractivity contribution in [1.29, 1.82) is 0 Å². The van der Waals surface area contributed by atoms with Gasteiger partial charge in [0.05, 0.1) is 0 Å². The number of nitrogens with two attached hydrogens (primary N) is 2. The van der Waals surface area contributed by atoms with Crippen LogP contribution < -0.4 is 22.1 Å². The van der Waals surface area contributed by atoms with Crippen LogP contribution in [0.5, 0.6) is 0 Å². The normalized spacial score (nSPS) is 13.2. The van der Waals surface area contributed by atoms with Crippen molar-refractivity contribution in [3.63, 3.8) is 0 Å². The van der Waals surface area contributed by atoms with E-state index in [1.54, 1.807) is 27.7 Å². The Morgan fingerprint density at radius 1 is 0.778 bits per heavy atom. The maximum atomic E-state index is 11.9. The topological polar surface area (TPSA) is 268 Å². The van der Waals surface area contributed by atoms with E-state index in [2.05, 4.69) is 29.8 Å². The van der Waals surface area contributed by atoms with Crippen LogP contribution in [0.3, 0.4) is 0 Å². The van der Waals surface area contributed by atoms with E-state index in [4.69, 9.17) is 11.5 Å². The number of esters is 2. The summed E-state index contributed by atoms with van der Waals surface area (Å²) in [7, 11) is 0. The largest absolute Gasteiger partial charge is 0.434 e. The molecular formula is C18H30N6O12. The average Bonchev–Trinajstić information content (AvgIpc) is 2.77. The summed E-state index contributed by atoms with van der Waals surface area (Å²) in [6.45, 7) is 5.47. The third kappa shape index (κ3) is 15.0. The molecule has 2 unspecified atom stereocenters. The Balaban J connectivity index is 4.51. The van der Waals surface area contributed by atoms with Gasteiger partial charge in [-0.25, -0.2) is 9.59 Å². The van der Waals surface area contributed by atoms with Gasteiger partial charge in [-0.2, -0.15) is 0 Å². The van der Waals surface area contributed by atoms with Gasteiger partial charge >= 0.3 is 11.9 Å². The second-order valence-corrected chi connectivity index (χ2v) is 8.81. The molecule has 0 aromatic carbocycles. The van der Waals surface area contributed by atoms with Gasteiger partial charge in [0, 0.05) is 36.1 Å². The number of carbonyl (C=O) groups excluding carboxylic acids is 4. The number of rotatable bonds is 16. The molecule has 2 atom stereocenters. The standard InChI is InChI=1S/C18H30N6O12/c1-17(2,9-33-23(29)30)7-21-15(27)13(19)35-11(25)5-6-12(26)36-14(20)16(28)22-8-18(3,4)10-34-24(31)32/h5-6,13-14H,7-10,19-20H2,1-4H3,(H,21,27)(H,22,28)/b6-5+. The van der Waals surface area contributed by atoms with Crippen LogP contribution >= 0.6 is 0 Å². The van der Waals surface area contributed by atoms with Crippen molar-refractivity contribution >= 4 is 23.8 Å². The number of hydrogen-bond donors (Lipinski definition) is 4. The van der Waals surface area contributed by atoms with Crippen molar-refractivity contribution in [3.05, 3.63) is 32.4 Å². The summed E-state index contributed by atoms with van der Waals surface area (Å²) < 4.78 is 9.23. The summed E-state index contributed by atoms with van der Waals surface area (Å²) in [6, 6.07) is 0. The van der Waals surface area contributed by atoms with Gasteiger partial charge in [-0.1, -0.05) is 27.7 Å². The van der Waals surface area contributed by atoms with E-state index in [0.29, 0.717) is 12.2 Å². The minimum Gasteiger partial charge on any atom is -0.434 e. The van der Waals surface area contributed by atoms with Crippen molar-refractivity contribution in [3.8, 4) is 0 Å².